The van der Waals surface area contributed by atoms with Crippen LogP contribution in [0.1, 0.15) is 20.8 Å². The van der Waals surface area contributed by atoms with Crippen LogP contribution in [0.5, 0.6) is 0 Å². The number of ether oxygens (including phenoxy) is 1. The molecule has 0 bridgehead atoms. The molecular weight excluding hydrogens is 298 g/mol. The molecule has 112 valence electrons. The largest absolute Gasteiger partial charge is 0.465 e. The van der Waals surface area contributed by atoms with E-state index in [0.717, 1.165) is 5.13 Å². The molecule has 1 rings (SSSR count). The summed E-state index contributed by atoms with van der Waals surface area (Å²) in [4.78, 5) is 25.7. The van der Waals surface area contributed by atoms with Crippen molar-refractivity contribution in [1.82, 2.24) is 10.2 Å². The predicted octanol–water partition coefficient (Wildman–Crippen LogP) is 1.85. The summed E-state index contributed by atoms with van der Waals surface area (Å²) in [6.45, 7) is 5.15. The molecule has 0 saturated heterocycles. The van der Waals surface area contributed by atoms with Crippen molar-refractivity contribution >= 4 is 40.0 Å². The van der Waals surface area contributed by atoms with Crippen LogP contribution in [0.2, 0.25) is 0 Å². The number of carbonyl (C=O) groups is 2. The normalized spacial score (nSPS) is 11.2. The van der Waals surface area contributed by atoms with Gasteiger partial charge in [-0.2, -0.15) is 0 Å². The summed E-state index contributed by atoms with van der Waals surface area (Å²) < 4.78 is 5.62. The van der Waals surface area contributed by atoms with Gasteiger partial charge >= 0.3 is 5.97 Å². The maximum absolute atomic E-state index is 12.1. The lowest BCUT2D eigenvalue weighted by atomic mass is 9.89. The van der Waals surface area contributed by atoms with E-state index in [1.165, 1.54) is 23.1 Å². The average Bonchev–Trinajstić information content (AvgIpc) is 2.85. The van der Waals surface area contributed by atoms with Gasteiger partial charge in [0.15, 0.2) is 10.1 Å². The zero-order chi connectivity index (χ0) is 15.3. The molecule has 1 heterocycles. The molecule has 0 radical (unpaired) electrons. The minimum Gasteiger partial charge on any atom is -0.465 e. The molecule has 0 N–H and O–H groups in total. The standard InChI is InChI=1S/C12H19N3O3S2/c1-6-18-9(17)12(2,3)8(16)7-19-11-14-13-10(20-11)15(4)5/h6-7H2,1-5H3. The van der Waals surface area contributed by atoms with Crippen LogP contribution in [-0.4, -0.2) is 48.4 Å². The lowest BCUT2D eigenvalue weighted by Gasteiger charge is -2.20. The highest BCUT2D eigenvalue weighted by Gasteiger charge is 2.37. The monoisotopic (exact) mass is 317 g/mol. The van der Waals surface area contributed by atoms with Gasteiger partial charge in [-0.3, -0.25) is 9.59 Å². The molecule has 6 nitrogen and oxygen atoms in total. The van der Waals surface area contributed by atoms with Crippen molar-refractivity contribution in [3.63, 3.8) is 0 Å². The number of anilines is 1. The molecule has 0 saturated carbocycles. The second-order valence-corrected chi connectivity index (χ2v) is 6.98. The summed E-state index contributed by atoms with van der Waals surface area (Å²) in [5, 5.41) is 8.77. The van der Waals surface area contributed by atoms with Gasteiger partial charge in [0.1, 0.15) is 5.41 Å². The van der Waals surface area contributed by atoms with Crippen LogP contribution in [0.4, 0.5) is 5.13 Å². The van der Waals surface area contributed by atoms with Crippen LogP contribution in [-0.2, 0) is 14.3 Å². The Labute approximate surface area is 126 Å². The van der Waals surface area contributed by atoms with Gasteiger partial charge in [0.2, 0.25) is 5.13 Å². The Kier molecular flexibility index (Phi) is 5.94. The van der Waals surface area contributed by atoms with Crippen LogP contribution in [0.3, 0.4) is 0 Å². The van der Waals surface area contributed by atoms with Crippen molar-refractivity contribution in [3.8, 4) is 0 Å². The Balaban J connectivity index is 2.59. The van der Waals surface area contributed by atoms with Crippen LogP contribution < -0.4 is 4.90 Å². The Morgan fingerprint density at radius 2 is 2.00 bits per heavy atom. The summed E-state index contributed by atoms with van der Waals surface area (Å²) in [5.74, 6) is -0.493. The number of hydrogen-bond donors (Lipinski definition) is 0. The number of hydrogen-bond acceptors (Lipinski definition) is 8. The second kappa shape index (κ2) is 7.03. The first-order chi connectivity index (χ1) is 9.28. The highest BCUT2D eigenvalue weighted by Crippen LogP contribution is 2.29. The first-order valence-electron chi connectivity index (χ1n) is 6.13. The van der Waals surface area contributed by atoms with E-state index >= 15 is 0 Å². The first kappa shape index (κ1) is 16.9. The van der Waals surface area contributed by atoms with E-state index < -0.39 is 11.4 Å². The zero-order valence-corrected chi connectivity index (χ0v) is 13.9. The number of esters is 1. The molecule has 0 aromatic carbocycles. The average molecular weight is 317 g/mol. The van der Waals surface area contributed by atoms with Gasteiger partial charge in [-0.1, -0.05) is 23.1 Å². The number of thioether (sulfide) groups is 1. The predicted molar refractivity (Wildman–Crippen MR) is 80.4 cm³/mol. The fraction of sp³-hybridized carbons (Fsp3) is 0.667. The van der Waals surface area contributed by atoms with Gasteiger partial charge in [0.05, 0.1) is 12.4 Å². The number of nitrogens with zero attached hydrogens (tertiary/aromatic N) is 3. The topological polar surface area (TPSA) is 72.4 Å². The van der Waals surface area contributed by atoms with Gasteiger partial charge in [-0.15, -0.1) is 10.2 Å². The lowest BCUT2D eigenvalue weighted by Crippen LogP contribution is -2.36. The molecule has 0 aliphatic heterocycles. The van der Waals surface area contributed by atoms with Crippen molar-refractivity contribution < 1.29 is 14.3 Å². The molecule has 1 aromatic rings. The summed E-state index contributed by atoms with van der Waals surface area (Å²) in [5.41, 5.74) is -1.13. The van der Waals surface area contributed by atoms with E-state index in [2.05, 4.69) is 10.2 Å². The third-order valence-electron chi connectivity index (χ3n) is 2.59. The van der Waals surface area contributed by atoms with Crippen molar-refractivity contribution in [2.24, 2.45) is 5.41 Å². The molecule has 0 fully saturated rings. The maximum atomic E-state index is 12.1. The molecule has 0 aliphatic carbocycles. The molecule has 0 spiro atoms. The van der Waals surface area contributed by atoms with E-state index in [0.29, 0.717) is 4.34 Å². The van der Waals surface area contributed by atoms with Gasteiger partial charge < -0.3 is 9.64 Å². The van der Waals surface area contributed by atoms with Crippen molar-refractivity contribution in [2.45, 2.75) is 25.1 Å². The third-order valence-corrected chi connectivity index (χ3v) is 4.81. The lowest BCUT2D eigenvalue weighted by molar-refractivity contribution is -0.157. The van der Waals surface area contributed by atoms with Gasteiger partial charge in [0, 0.05) is 14.1 Å². The van der Waals surface area contributed by atoms with Crippen molar-refractivity contribution in [1.29, 1.82) is 0 Å². The molecule has 1 aromatic heterocycles. The van der Waals surface area contributed by atoms with E-state index in [-0.39, 0.29) is 18.1 Å². The van der Waals surface area contributed by atoms with Gasteiger partial charge in [-0.25, -0.2) is 0 Å². The third kappa shape index (κ3) is 4.17. The molecular formula is C12H19N3O3S2. The van der Waals surface area contributed by atoms with Crippen LogP contribution in [0, 0.1) is 5.41 Å². The zero-order valence-electron chi connectivity index (χ0n) is 12.3. The number of carbonyl (C=O) groups excluding carboxylic acids is 2. The summed E-state index contributed by atoms with van der Waals surface area (Å²) in [6, 6.07) is 0. The summed E-state index contributed by atoms with van der Waals surface area (Å²) in [6.07, 6.45) is 0. The molecule has 0 aliphatic rings. The maximum Gasteiger partial charge on any atom is 0.319 e. The second-order valence-electron chi connectivity index (χ2n) is 4.80. The molecule has 20 heavy (non-hydrogen) atoms. The molecule has 0 atom stereocenters. The van der Waals surface area contributed by atoms with Crippen LogP contribution >= 0.6 is 23.1 Å². The minimum atomic E-state index is -1.13. The summed E-state index contributed by atoms with van der Waals surface area (Å²) in [7, 11) is 3.76. The fourth-order valence-electron chi connectivity index (χ4n) is 1.17. The number of Topliss-reactive ketones (excluding diaryl/α,β-unsaturated/α-hetero) is 1. The van der Waals surface area contributed by atoms with Crippen LogP contribution in [0.25, 0.3) is 0 Å². The SMILES string of the molecule is CCOC(=O)C(C)(C)C(=O)CSc1nnc(N(C)C)s1. The fourth-order valence-corrected chi connectivity index (χ4v) is 3.03. The van der Waals surface area contributed by atoms with Crippen molar-refractivity contribution in [2.75, 3.05) is 31.4 Å². The first-order valence-corrected chi connectivity index (χ1v) is 7.93. The quantitative estimate of drug-likeness (QED) is 0.432. The molecule has 8 heteroatoms. The van der Waals surface area contributed by atoms with Gasteiger partial charge in [-0.05, 0) is 20.8 Å². The Bertz CT molecular complexity index is 486. The minimum absolute atomic E-state index is 0.174. The Morgan fingerprint density at radius 3 is 2.50 bits per heavy atom. The highest BCUT2D eigenvalue weighted by atomic mass is 32.2. The highest BCUT2D eigenvalue weighted by molar-refractivity contribution is 8.01. The number of ketones is 1. The van der Waals surface area contributed by atoms with E-state index in [9.17, 15) is 9.59 Å². The van der Waals surface area contributed by atoms with Crippen LogP contribution in [0.15, 0.2) is 4.34 Å². The van der Waals surface area contributed by atoms with E-state index in [4.69, 9.17) is 4.74 Å². The molecule has 0 amide bonds. The molecule has 0 unspecified atom stereocenters. The number of aromatic nitrogens is 2. The smallest absolute Gasteiger partial charge is 0.319 e. The Hall–Kier alpha value is -1.15. The van der Waals surface area contributed by atoms with Crippen molar-refractivity contribution in [3.05, 3.63) is 0 Å². The van der Waals surface area contributed by atoms with E-state index in [1.807, 2.05) is 19.0 Å². The summed E-state index contributed by atoms with van der Waals surface area (Å²) >= 11 is 2.70. The van der Waals surface area contributed by atoms with E-state index in [1.54, 1.807) is 20.8 Å². The number of rotatable bonds is 7. The van der Waals surface area contributed by atoms with Gasteiger partial charge in [0.25, 0.3) is 0 Å². The Morgan fingerprint density at radius 1 is 1.35 bits per heavy atom.